The van der Waals surface area contributed by atoms with Crippen LogP contribution in [0.5, 0.6) is 0 Å². The van der Waals surface area contributed by atoms with Crippen LogP contribution < -0.4 is 16.0 Å². The van der Waals surface area contributed by atoms with Gasteiger partial charge in [-0.25, -0.2) is 0 Å². The molecule has 4 N–H and O–H groups in total. The molecule has 15 heteroatoms. The number of hydrogen-bond donors (Lipinski definition) is 4. The Morgan fingerprint density at radius 2 is 1.85 bits per heavy atom. The molecule has 1 atom stereocenters. The number of nitrogens with one attached hydrogen (secondary N) is 4. The fraction of sp³-hybridized carbons (Fsp3) is 0.615. The Labute approximate surface area is 233 Å². The molecule has 0 saturated heterocycles. The molecule has 0 bridgehead atoms. The first-order chi connectivity index (χ1) is 19.4. The third-order valence-corrected chi connectivity index (χ3v) is 7.81. The van der Waals surface area contributed by atoms with Crippen LogP contribution >= 0.6 is 0 Å². The minimum absolute atomic E-state index is 0.0246. The molecule has 3 saturated carbocycles. The summed E-state index contributed by atoms with van der Waals surface area (Å²) in [5, 5.41) is 27.4. The van der Waals surface area contributed by atoms with Crippen LogP contribution in [0.4, 0.5) is 17.6 Å². The summed E-state index contributed by atoms with van der Waals surface area (Å²) in [6.45, 7) is 2.46. The van der Waals surface area contributed by atoms with Gasteiger partial charge in [-0.05, 0) is 76.2 Å². The number of hydrogen-bond acceptors (Lipinski definition) is 7. The van der Waals surface area contributed by atoms with Gasteiger partial charge in [-0.2, -0.15) is 22.7 Å². The van der Waals surface area contributed by atoms with Gasteiger partial charge in [-0.15, -0.1) is 10.2 Å². The molecule has 222 valence electrons. The zero-order valence-electron chi connectivity index (χ0n) is 22.7. The molecule has 3 fully saturated rings. The van der Waals surface area contributed by atoms with Gasteiger partial charge in [0.1, 0.15) is 30.3 Å². The average molecular weight is 580 g/mol. The summed E-state index contributed by atoms with van der Waals surface area (Å²) >= 11 is 0. The maximum absolute atomic E-state index is 14.4. The van der Waals surface area contributed by atoms with Crippen molar-refractivity contribution in [1.82, 2.24) is 40.5 Å². The number of carbonyl (C=O) groups is 2. The van der Waals surface area contributed by atoms with Gasteiger partial charge in [0.15, 0.2) is 5.82 Å². The van der Waals surface area contributed by atoms with Crippen molar-refractivity contribution in [2.24, 2.45) is 17.8 Å². The summed E-state index contributed by atoms with van der Waals surface area (Å²) < 4.78 is 55.8. The first kappa shape index (κ1) is 28.7. The van der Waals surface area contributed by atoms with E-state index < -0.39 is 47.8 Å². The van der Waals surface area contributed by atoms with Crippen LogP contribution in [0, 0.1) is 23.2 Å². The van der Waals surface area contributed by atoms with Gasteiger partial charge >= 0.3 is 6.18 Å². The van der Waals surface area contributed by atoms with Gasteiger partial charge in [0, 0.05) is 18.4 Å². The molecule has 3 aliphatic carbocycles. The molecule has 2 aromatic heterocycles. The number of rotatable bonds is 13. The highest BCUT2D eigenvalue weighted by molar-refractivity contribution is 5.99. The van der Waals surface area contributed by atoms with Crippen molar-refractivity contribution in [3.63, 3.8) is 0 Å². The minimum Gasteiger partial charge on any atom is -0.377 e. The zero-order chi connectivity index (χ0) is 29.5. The van der Waals surface area contributed by atoms with Gasteiger partial charge in [-0.1, -0.05) is 0 Å². The van der Waals surface area contributed by atoms with Gasteiger partial charge < -0.3 is 20.5 Å². The molecule has 2 aromatic rings. The Morgan fingerprint density at radius 3 is 2.39 bits per heavy atom. The average Bonchev–Trinajstić information content (AvgIpc) is 3.84. The number of alkyl halides is 3. The van der Waals surface area contributed by atoms with E-state index in [-0.39, 0.29) is 35.3 Å². The molecule has 2 heterocycles. The number of halogens is 4. The van der Waals surface area contributed by atoms with E-state index in [2.05, 4.69) is 31.2 Å². The molecule has 0 aromatic carbocycles. The molecular weight excluding hydrogens is 546 g/mol. The molecule has 2 amide bonds. The van der Waals surface area contributed by atoms with Crippen molar-refractivity contribution in [3.8, 4) is 0 Å². The lowest BCUT2D eigenvalue weighted by Crippen LogP contribution is -2.52. The highest BCUT2D eigenvalue weighted by Gasteiger charge is 2.50. The lowest BCUT2D eigenvalue weighted by molar-refractivity contribution is -0.141. The maximum Gasteiger partial charge on any atom is 0.406 e. The maximum atomic E-state index is 14.4. The van der Waals surface area contributed by atoms with Crippen molar-refractivity contribution in [1.29, 1.82) is 5.41 Å². The van der Waals surface area contributed by atoms with Crippen LogP contribution in [0.25, 0.3) is 0 Å². The molecule has 11 nitrogen and oxygen atoms in total. The number of allylic oxidation sites excluding steroid dienone is 1. The first-order valence-corrected chi connectivity index (χ1v) is 13.7. The van der Waals surface area contributed by atoms with E-state index >= 15 is 0 Å². The lowest BCUT2D eigenvalue weighted by Gasteiger charge is -2.28. The first-order valence-electron chi connectivity index (χ1n) is 13.7. The second-order valence-electron chi connectivity index (χ2n) is 11.4. The second kappa shape index (κ2) is 10.9. The number of carbonyl (C=O) groups excluding carboxylic acids is 2. The highest BCUT2D eigenvalue weighted by Crippen LogP contribution is 2.51. The fourth-order valence-electron chi connectivity index (χ4n) is 5.42. The third-order valence-electron chi connectivity index (χ3n) is 7.81. The van der Waals surface area contributed by atoms with E-state index in [1.165, 1.54) is 6.20 Å². The predicted molar refractivity (Wildman–Crippen MR) is 138 cm³/mol. The van der Waals surface area contributed by atoms with Crippen molar-refractivity contribution >= 4 is 17.8 Å². The standard InChI is InChI=1S/C26H33F4N9O2/c1-14(2)39-18(7-10-34-39)22(40)36-20(19(15-3-4-15)16-5-6-16)23(41)35-17(21(27)31)11-32-25(8-9-25)24-37-33-13-38(24)12-26(28,29)30/h7,10-11,13-16,19-20,31-32H,3-6,8-9,12H2,1-2H3,(H,35,41)(H,36,40)/b17-11+,31-21?/t20-/m0/s1. The zero-order valence-corrected chi connectivity index (χ0v) is 22.7. The van der Waals surface area contributed by atoms with Crippen molar-refractivity contribution in [2.45, 2.75) is 82.7 Å². The summed E-state index contributed by atoms with van der Waals surface area (Å²) in [5.74, 6) is -2.22. The molecule has 0 radical (unpaired) electrons. The Bertz CT molecular complexity index is 1320. The normalized spacial score (nSPS) is 19.3. The van der Waals surface area contributed by atoms with Gasteiger partial charge in [-0.3, -0.25) is 19.7 Å². The minimum atomic E-state index is -4.49. The van der Waals surface area contributed by atoms with Crippen LogP contribution in [0.15, 0.2) is 30.5 Å². The van der Waals surface area contributed by atoms with Crippen molar-refractivity contribution in [3.05, 3.63) is 42.0 Å². The Kier molecular flexibility index (Phi) is 7.64. The summed E-state index contributed by atoms with van der Waals surface area (Å²) in [6, 6.07) is 0.489. The Morgan fingerprint density at radius 1 is 1.20 bits per heavy atom. The summed E-state index contributed by atoms with van der Waals surface area (Å²) in [6.07, 6.45) is 3.55. The van der Waals surface area contributed by atoms with Crippen molar-refractivity contribution < 1.29 is 27.2 Å². The van der Waals surface area contributed by atoms with Crippen LogP contribution in [0.2, 0.25) is 0 Å². The quantitative estimate of drug-likeness (QED) is 0.212. The summed E-state index contributed by atoms with van der Waals surface area (Å²) in [4.78, 5) is 26.9. The topological polar surface area (TPSA) is 143 Å². The van der Waals surface area contributed by atoms with Crippen LogP contribution in [0.1, 0.15) is 74.7 Å². The molecule has 0 spiro atoms. The molecule has 0 unspecified atom stereocenters. The van der Waals surface area contributed by atoms with Gasteiger partial charge in [0.2, 0.25) is 11.9 Å². The predicted octanol–water partition coefficient (Wildman–Crippen LogP) is 3.34. The fourth-order valence-corrected chi connectivity index (χ4v) is 5.42. The monoisotopic (exact) mass is 579 g/mol. The SMILES string of the molecule is CC(C)n1nccc1C(=O)N[C@H](C(=O)N/C(=C/NC1(c2nncn2CC(F)(F)F)CC1)C(=N)F)C(C1CC1)C1CC1. The Balaban J connectivity index is 1.35. The van der Waals surface area contributed by atoms with Crippen molar-refractivity contribution in [2.75, 3.05) is 0 Å². The third kappa shape index (κ3) is 6.59. The molecule has 41 heavy (non-hydrogen) atoms. The highest BCUT2D eigenvalue weighted by atomic mass is 19.4. The van der Waals surface area contributed by atoms with E-state index in [9.17, 15) is 27.2 Å². The van der Waals surface area contributed by atoms with Crippen LogP contribution in [-0.4, -0.2) is 54.5 Å². The van der Waals surface area contributed by atoms with E-state index in [0.717, 1.165) is 42.8 Å². The van der Waals surface area contributed by atoms with Crippen LogP contribution in [-0.2, 0) is 16.9 Å². The van der Waals surface area contributed by atoms with E-state index in [1.54, 1.807) is 10.7 Å². The molecule has 0 aliphatic heterocycles. The largest absolute Gasteiger partial charge is 0.406 e. The molecule has 5 rings (SSSR count). The molecular formula is C26H33F4N9O2. The van der Waals surface area contributed by atoms with E-state index in [4.69, 9.17) is 5.41 Å². The molecule has 3 aliphatic rings. The van der Waals surface area contributed by atoms with Gasteiger partial charge in [0.25, 0.3) is 5.91 Å². The van der Waals surface area contributed by atoms with E-state index in [1.807, 2.05) is 13.8 Å². The summed E-state index contributed by atoms with van der Waals surface area (Å²) in [7, 11) is 0. The smallest absolute Gasteiger partial charge is 0.377 e. The van der Waals surface area contributed by atoms with Crippen LogP contribution in [0.3, 0.4) is 0 Å². The van der Waals surface area contributed by atoms with Gasteiger partial charge in [0.05, 0.1) is 5.54 Å². The second-order valence-corrected chi connectivity index (χ2v) is 11.4. The number of nitrogens with zero attached hydrogens (tertiary/aromatic N) is 5. The number of aromatic nitrogens is 5. The number of amides is 2. The summed E-state index contributed by atoms with van der Waals surface area (Å²) in [5.41, 5.74) is -1.25. The Hall–Kier alpha value is -3.78. The lowest BCUT2D eigenvalue weighted by atomic mass is 9.88. The van der Waals surface area contributed by atoms with E-state index in [0.29, 0.717) is 12.8 Å².